The molecule has 0 amide bonds. The van der Waals surface area contributed by atoms with Gasteiger partial charge in [-0.2, -0.15) is 5.10 Å². The summed E-state index contributed by atoms with van der Waals surface area (Å²) in [7, 11) is 0. The number of ether oxygens (including phenoxy) is 1. The Labute approximate surface area is 147 Å². The summed E-state index contributed by atoms with van der Waals surface area (Å²) < 4.78 is 14.9. The van der Waals surface area contributed by atoms with Crippen LogP contribution in [0.5, 0.6) is 11.5 Å². The van der Waals surface area contributed by atoms with Gasteiger partial charge in [0.1, 0.15) is 19.5 Å². The molecule has 0 fully saturated rings. The van der Waals surface area contributed by atoms with Crippen molar-refractivity contribution in [3.05, 3.63) is 59.9 Å². The molecule has 25 heavy (non-hydrogen) atoms. The molecular formula is C19H19N3O3. The predicted molar refractivity (Wildman–Crippen MR) is 93.7 cm³/mol. The van der Waals surface area contributed by atoms with Crippen LogP contribution in [0, 0.1) is 0 Å². The zero-order valence-electron chi connectivity index (χ0n) is 15.0. The van der Waals surface area contributed by atoms with E-state index in [2.05, 4.69) is 10.1 Å². The lowest BCUT2D eigenvalue weighted by Gasteiger charge is -2.14. The van der Waals surface area contributed by atoms with E-state index in [1.165, 1.54) is 6.07 Å². The number of hydrogen-bond acceptors (Lipinski definition) is 5. The highest BCUT2D eigenvalue weighted by Gasteiger charge is 2.15. The van der Waals surface area contributed by atoms with E-state index in [9.17, 15) is 9.90 Å². The Morgan fingerprint density at radius 2 is 2.12 bits per heavy atom. The molecule has 0 radical (unpaired) electrons. The van der Waals surface area contributed by atoms with E-state index >= 15 is 0 Å². The monoisotopic (exact) mass is 338 g/mol. The second-order valence-electron chi connectivity index (χ2n) is 5.81. The van der Waals surface area contributed by atoms with Crippen molar-refractivity contribution in [1.82, 2.24) is 14.8 Å². The largest absolute Gasteiger partial charge is 0.507 e. The second-order valence-corrected chi connectivity index (χ2v) is 5.81. The number of nitrogens with zero attached hydrogens (tertiary/aromatic N) is 3. The molecule has 1 N–H and O–H groups in total. The van der Waals surface area contributed by atoms with Gasteiger partial charge in [-0.15, -0.1) is 0 Å². The molecule has 0 aliphatic heterocycles. The van der Waals surface area contributed by atoms with E-state index in [0.29, 0.717) is 0 Å². The number of aldehydes is 1. The van der Waals surface area contributed by atoms with Crippen molar-refractivity contribution >= 4 is 6.26 Å². The van der Waals surface area contributed by atoms with Crippen LogP contribution in [0.25, 0.3) is 11.4 Å². The first kappa shape index (κ1) is 15.4. The van der Waals surface area contributed by atoms with Gasteiger partial charge in [0.25, 0.3) is 0 Å². The first-order valence-corrected chi connectivity index (χ1v) is 7.92. The summed E-state index contributed by atoms with van der Waals surface area (Å²) in [5.74, 6) is -0.107. The third-order valence-corrected chi connectivity index (χ3v) is 3.78. The number of carbonyl (C=O) groups excluding carboxylic acids is 1. The number of hydrogen-bond donors (Lipinski definition) is 1. The maximum Gasteiger partial charge on any atom is 0.157 e. The van der Waals surface area contributed by atoms with Crippen LogP contribution < -0.4 is 4.74 Å². The van der Waals surface area contributed by atoms with E-state index < -0.39 is 6.26 Å². The summed E-state index contributed by atoms with van der Waals surface area (Å²) >= 11 is 0. The maximum atomic E-state index is 11.5. The Kier molecular flexibility index (Phi) is 4.41. The summed E-state index contributed by atoms with van der Waals surface area (Å²) in [6.07, 6.45) is 2.42. The Bertz CT molecular complexity index is 937. The molecule has 2 heterocycles. The van der Waals surface area contributed by atoms with Gasteiger partial charge in [-0.1, -0.05) is 12.1 Å². The molecule has 0 atom stereocenters. The lowest BCUT2D eigenvalue weighted by molar-refractivity contribution is 0.111. The third-order valence-electron chi connectivity index (χ3n) is 3.78. The highest BCUT2D eigenvalue weighted by Crippen LogP contribution is 2.28. The van der Waals surface area contributed by atoms with Gasteiger partial charge in [-0.05, 0) is 38.1 Å². The topological polar surface area (TPSA) is 77.2 Å². The van der Waals surface area contributed by atoms with Gasteiger partial charge >= 0.3 is 0 Å². The van der Waals surface area contributed by atoms with Crippen LogP contribution in [-0.4, -0.2) is 26.1 Å². The summed E-state index contributed by atoms with van der Waals surface area (Å²) in [5, 5.41) is 14.2. The minimum atomic E-state index is -0.998. The second kappa shape index (κ2) is 7.17. The zero-order valence-corrected chi connectivity index (χ0v) is 14.0. The molecular weight excluding hydrogens is 318 g/mol. The van der Waals surface area contributed by atoms with Crippen molar-refractivity contribution in [3.8, 4) is 22.9 Å². The Morgan fingerprint density at radius 1 is 1.28 bits per heavy atom. The SMILES string of the molecule is [2H]C(=O)c1c(O)cccc1OCc1cccnc1-c1ccnn1C(C)C. The molecule has 3 aromatic rings. The van der Waals surface area contributed by atoms with Crippen LogP contribution in [0.4, 0.5) is 0 Å². The summed E-state index contributed by atoms with van der Waals surface area (Å²) in [6, 6.07) is 10.2. The van der Waals surface area contributed by atoms with E-state index in [0.717, 1.165) is 17.0 Å². The zero-order chi connectivity index (χ0) is 18.7. The van der Waals surface area contributed by atoms with Crippen LogP contribution in [0.2, 0.25) is 0 Å². The number of phenols is 1. The fraction of sp³-hybridized carbons (Fsp3) is 0.211. The van der Waals surface area contributed by atoms with Crippen LogP contribution in [0.3, 0.4) is 0 Å². The molecule has 0 saturated heterocycles. The molecule has 3 rings (SSSR count). The first-order chi connectivity index (χ1) is 12.5. The van der Waals surface area contributed by atoms with Crippen molar-refractivity contribution in [2.75, 3.05) is 0 Å². The highest BCUT2D eigenvalue weighted by molar-refractivity contribution is 5.83. The van der Waals surface area contributed by atoms with E-state index in [1.54, 1.807) is 30.6 Å². The molecule has 1 aromatic carbocycles. The van der Waals surface area contributed by atoms with Gasteiger partial charge in [0, 0.05) is 24.0 Å². The fourth-order valence-electron chi connectivity index (χ4n) is 2.60. The molecule has 0 spiro atoms. The van der Waals surface area contributed by atoms with E-state index in [1.807, 2.05) is 30.7 Å². The summed E-state index contributed by atoms with van der Waals surface area (Å²) in [5.41, 5.74) is 2.26. The predicted octanol–water partition coefficient (Wildman–Crippen LogP) is 3.62. The number of aromatic hydroxyl groups is 1. The third kappa shape index (κ3) is 3.38. The Balaban J connectivity index is 1.93. The fourth-order valence-corrected chi connectivity index (χ4v) is 2.60. The number of aromatic nitrogens is 3. The molecule has 0 unspecified atom stereocenters. The molecule has 0 saturated carbocycles. The average Bonchev–Trinajstić information content (AvgIpc) is 3.09. The van der Waals surface area contributed by atoms with E-state index in [-0.39, 0.29) is 29.7 Å². The summed E-state index contributed by atoms with van der Waals surface area (Å²) in [6.45, 7) is 4.21. The average molecular weight is 338 g/mol. The van der Waals surface area contributed by atoms with Gasteiger partial charge in [-0.25, -0.2) is 0 Å². The van der Waals surface area contributed by atoms with Gasteiger partial charge in [0.2, 0.25) is 0 Å². The van der Waals surface area contributed by atoms with Crippen LogP contribution >= 0.6 is 0 Å². The standard InChI is InChI=1S/C19H19N3O3/c1-13(2)22-16(8-10-21-22)19-14(5-4-9-20-19)12-25-18-7-3-6-17(24)15(18)11-23/h3-11,13,24H,12H2,1-2H3/i11D. The Morgan fingerprint density at radius 3 is 2.88 bits per heavy atom. The molecule has 6 heteroatoms. The molecule has 0 bridgehead atoms. The highest BCUT2D eigenvalue weighted by atomic mass is 16.5. The van der Waals surface area contributed by atoms with Crippen molar-refractivity contribution in [3.63, 3.8) is 0 Å². The van der Waals surface area contributed by atoms with Crippen LogP contribution in [0.1, 0.15) is 37.2 Å². The quantitative estimate of drug-likeness (QED) is 0.695. The molecule has 2 aromatic heterocycles. The molecule has 0 aliphatic rings. The number of benzene rings is 1. The van der Waals surface area contributed by atoms with Gasteiger partial charge < -0.3 is 9.84 Å². The number of carbonyl (C=O) groups is 1. The number of rotatable bonds is 6. The minimum absolute atomic E-state index is 0.135. The van der Waals surface area contributed by atoms with Crippen LogP contribution in [-0.2, 0) is 6.61 Å². The van der Waals surface area contributed by atoms with Crippen molar-refractivity contribution in [1.29, 1.82) is 0 Å². The minimum Gasteiger partial charge on any atom is -0.507 e. The lowest BCUT2D eigenvalue weighted by Crippen LogP contribution is -2.08. The molecule has 0 aliphatic carbocycles. The normalized spacial score (nSPS) is 11.4. The molecule has 128 valence electrons. The van der Waals surface area contributed by atoms with Gasteiger partial charge in [0.05, 0.1) is 17.0 Å². The molecule has 6 nitrogen and oxygen atoms in total. The van der Waals surface area contributed by atoms with Gasteiger partial charge in [0.15, 0.2) is 6.26 Å². The van der Waals surface area contributed by atoms with Crippen molar-refractivity contribution < 1.29 is 16.0 Å². The Hall–Kier alpha value is -3.15. The smallest absolute Gasteiger partial charge is 0.157 e. The number of phenolic OH excluding ortho intramolecular Hbond substituents is 1. The van der Waals surface area contributed by atoms with Crippen LogP contribution in [0.15, 0.2) is 48.8 Å². The van der Waals surface area contributed by atoms with Crippen molar-refractivity contribution in [2.24, 2.45) is 0 Å². The first-order valence-electron chi connectivity index (χ1n) is 8.42. The van der Waals surface area contributed by atoms with Crippen molar-refractivity contribution in [2.45, 2.75) is 26.5 Å². The maximum absolute atomic E-state index is 11.5. The van der Waals surface area contributed by atoms with E-state index in [4.69, 9.17) is 6.11 Å². The summed E-state index contributed by atoms with van der Waals surface area (Å²) in [4.78, 5) is 15.9. The lowest BCUT2D eigenvalue weighted by atomic mass is 10.1. The number of pyridine rings is 1. The van der Waals surface area contributed by atoms with Gasteiger partial charge in [-0.3, -0.25) is 14.5 Å².